The molecule has 1 fully saturated rings. The molecule has 1 atom stereocenters. The average Bonchev–Trinajstić information content (AvgIpc) is 2.43. The minimum Gasteiger partial charge on any atom is -0.481 e. The fourth-order valence-electron chi connectivity index (χ4n) is 2.73. The van der Waals surface area contributed by atoms with Crippen LogP contribution >= 0.6 is 0 Å². The minimum absolute atomic E-state index is 0.0993. The normalized spacial score (nSPS) is 17.6. The van der Waals surface area contributed by atoms with Gasteiger partial charge in [-0.05, 0) is 18.4 Å². The highest BCUT2D eigenvalue weighted by molar-refractivity contribution is 5.85. The lowest BCUT2D eigenvalue weighted by Gasteiger charge is -2.39. The van der Waals surface area contributed by atoms with E-state index < -0.39 is 17.3 Å². The van der Waals surface area contributed by atoms with Gasteiger partial charge in [0.05, 0.1) is 17.9 Å². The quantitative estimate of drug-likeness (QED) is 0.803. The molecule has 1 aromatic rings. The van der Waals surface area contributed by atoms with Crippen molar-refractivity contribution in [3.8, 4) is 0 Å². The van der Waals surface area contributed by atoms with E-state index in [1.807, 2.05) is 6.07 Å². The molecule has 114 valence electrons. The van der Waals surface area contributed by atoms with E-state index in [1.165, 1.54) is 0 Å². The zero-order valence-corrected chi connectivity index (χ0v) is 12.2. The first-order valence-electron chi connectivity index (χ1n) is 7.14. The van der Waals surface area contributed by atoms with Crippen LogP contribution in [0, 0.1) is 5.41 Å². The zero-order valence-electron chi connectivity index (χ0n) is 12.2. The summed E-state index contributed by atoms with van der Waals surface area (Å²) in [4.78, 5) is 23.7. The van der Waals surface area contributed by atoms with Crippen molar-refractivity contribution < 1.29 is 19.4 Å². The van der Waals surface area contributed by atoms with E-state index >= 15 is 0 Å². The van der Waals surface area contributed by atoms with Gasteiger partial charge in [0.15, 0.2) is 0 Å². The van der Waals surface area contributed by atoms with E-state index in [-0.39, 0.29) is 12.5 Å². The van der Waals surface area contributed by atoms with E-state index in [1.54, 1.807) is 31.4 Å². The third kappa shape index (κ3) is 3.42. The lowest BCUT2D eigenvalue weighted by Crippen LogP contribution is -2.49. The third-order valence-electron chi connectivity index (χ3n) is 4.18. The Morgan fingerprint density at radius 1 is 1.33 bits per heavy atom. The molecule has 0 spiro atoms. The van der Waals surface area contributed by atoms with Crippen LogP contribution in [0.25, 0.3) is 0 Å². The lowest BCUT2D eigenvalue weighted by atomic mass is 9.68. The van der Waals surface area contributed by atoms with Gasteiger partial charge in [-0.25, -0.2) is 0 Å². The summed E-state index contributed by atoms with van der Waals surface area (Å²) in [6, 6.07) is 8.96. The van der Waals surface area contributed by atoms with Crippen LogP contribution in [0.5, 0.6) is 0 Å². The number of amides is 1. The fourth-order valence-corrected chi connectivity index (χ4v) is 2.73. The van der Waals surface area contributed by atoms with Crippen LogP contribution in [0.1, 0.15) is 30.7 Å². The standard InChI is InChI=1S/C16H21NO4/c1-21-11-16(8-5-9-16)15(20)17-10-13(14(18)19)12-6-3-2-4-7-12/h2-4,6-7,13H,5,8-11H2,1H3,(H,17,20)(H,18,19). The molecule has 0 aromatic heterocycles. The summed E-state index contributed by atoms with van der Waals surface area (Å²) in [7, 11) is 1.58. The van der Waals surface area contributed by atoms with Crippen LogP contribution in [0.4, 0.5) is 0 Å². The van der Waals surface area contributed by atoms with Crippen LogP contribution in [-0.2, 0) is 14.3 Å². The second kappa shape index (κ2) is 6.72. The van der Waals surface area contributed by atoms with Crippen molar-refractivity contribution in [2.45, 2.75) is 25.2 Å². The lowest BCUT2D eigenvalue weighted by molar-refractivity contribution is -0.141. The van der Waals surface area contributed by atoms with Gasteiger partial charge in [-0.2, -0.15) is 0 Å². The number of ether oxygens (including phenoxy) is 1. The first-order valence-corrected chi connectivity index (χ1v) is 7.14. The molecule has 5 heteroatoms. The number of hydrogen-bond acceptors (Lipinski definition) is 3. The van der Waals surface area contributed by atoms with Gasteiger partial charge in [0.25, 0.3) is 0 Å². The second-order valence-electron chi connectivity index (χ2n) is 5.58. The summed E-state index contributed by atoms with van der Waals surface area (Å²) in [5.41, 5.74) is 0.230. The highest BCUT2D eigenvalue weighted by Crippen LogP contribution is 2.41. The molecule has 0 aliphatic heterocycles. The summed E-state index contributed by atoms with van der Waals surface area (Å²) in [5, 5.41) is 12.1. The summed E-state index contributed by atoms with van der Waals surface area (Å²) < 4.78 is 5.13. The first kappa shape index (κ1) is 15.5. The van der Waals surface area contributed by atoms with E-state index in [0.29, 0.717) is 12.2 Å². The Labute approximate surface area is 124 Å². The predicted molar refractivity (Wildman–Crippen MR) is 78.0 cm³/mol. The van der Waals surface area contributed by atoms with E-state index in [4.69, 9.17) is 4.74 Å². The van der Waals surface area contributed by atoms with Crippen molar-refractivity contribution in [1.29, 1.82) is 0 Å². The molecule has 21 heavy (non-hydrogen) atoms. The van der Waals surface area contributed by atoms with Crippen LogP contribution in [0.3, 0.4) is 0 Å². The molecular formula is C16H21NO4. The zero-order chi connectivity index (χ0) is 15.3. The number of methoxy groups -OCH3 is 1. The molecule has 1 aliphatic carbocycles. The smallest absolute Gasteiger partial charge is 0.312 e. The van der Waals surface area contributed by atoms with Gasteiger partial charge in [0, 0.05) is 13.7 Å². The van der Waals surface area contributed by atoms with Gasteiger partial charge < -0.3 is 15.2 Å². The third-order valence-corrected chi connectivity index (χ3v) is 4.18. The van der Waals surface area contributed by atoms with Gasteiger partial charge >= 0.3 is 5.97 Å². The van der Waals surface area contributed by atoms with Gasteiger partial charge in [-0.1, -0.05) is 36.8 Å². The molecule has 1 aliphatic rings. The summed E-state index contributed by atoms with van der Waals surface area (Å²) in [5.74, 6) is -1.76. The van der Waals surface area contributed by atoms with Crippen LogP contribution in [0.2, 0.25) is 0 Å². The molecule has 2 N–H and O–H groups in total. The number of aliphatic carboxylic acids is 1. The van der Waals surface area contributed by atoms with Crippen LogP contribution in [-0.4, -0.2) is 37.2 Å². The molecule has 5 nitrogen and oxygen atoms in total. The number of carbonyl (C=O) groups excluding carboxylic acids is 1. The molecule has 1 unspecified atom stereocenters. The Morgan fingerprint density at radius 3 is 2.48 bits per heavy atom. The highest BCUT2D eigenvalue weighted by Gasteiger charge is 2.44. The number of benzene rings is 1. The second-order valence-corrected chi connectivity index (χ2v) is 5.58. The predicted octanol–water partition coefficient (Wildman–Crippen LogP) is 1.79. The Hall–Kier alpha value is -1.88. The van der Waals surface area contributed by atoms with Crippen molar-refractivity contribution in [1.82, 2.24) is 5.32 Å². The van der Waals surface area contributed by atoms with Crippen molar-refractivity contribution in [2.75, 3.05) is 20.3 Å². The van der Waals surface area contributed by atoms with Crippen molar-refractivity contribution in [2.24, 2.45) is 5.41 Å². The van der Waals surface area contributed by atoms with Gasteiger partial charge in [0.1, 0.15) is 0 Å². The monoisotopic (exact) mass is 291 g/mol. The largest absolute Gasteiger partial charge is 0.481 e. The molecule has 0 saturated heterocycles. The van der Waals surface area contributed by atoms with Gasteiger partial charge in [-0.3, -0.25) is 9.59 Å². The molecule has 0 radical (unpaired) electrons. The Morgan fingerprint density at radius 2 is 2.00 bits per heavy atom. The number of nitrogens with one attached hydrogen (secondary N) is 1. The number of carbonyl (C=O) groups is 2. The fraction of sp³-hybridized carbons (Fsp3) is 0.500. The molecular weight excluding hydrogens is 270 g/mol. The van der Waals surface area contributed by atoms with Gasteiger partial charge in [0.2, 0.25) is 5.91 Å². The van der Waals surface area contributed by atoms with Crippen LogP contribution < -0.4 is 5.32 Å². The van der Waals surface area contributed by atoms with E-state index in [9.17, 15) is 14.7 Å². The van der Waals surface area contributed by atoms with E-state index in [2.05, 4.69) is 5.32 Å². The first-order chi connectivity index (χ1) is 10.1. The molecule has 1 amide bonds. The molecule has 2 rings (SSSR count). The summed E-state index contributed by atoms with van der Waals surface area (Å²) in [6.45, 7) is 0.492. The highest BCUT2D eigenvalue weighted by atomic mass is 16.5. The Balaban J connectivity index is 1.99. The maximum Gasteiger partial charge on any atom is 0.312 e. The van der Waals surface area contributed by atoms with E-state index in [0.717, 1.165) is 19.3 Å². The number of carboxylic acids is 1. The molecule has 0 bridgehead atoms. The topological polar surface area (TPSA) is 75.6 Å². The maximum absolute atomic E-state index is 12.3. The number of hydrogen-bond donors (Lipinski definition) is 2. The van der Waals surface area contributed by atoms with Crippen LogP contribution in [0.15, 0.2) is 30.3 Å². The minimum atomic E-state index is -0.934. The van der Waals surface area contributed by atoms with Gasteiger partial charge in [-0.15, -0.1) is 0 Å². The summed E-state index contributed by atoms with van der Waals surface area (Å²) >= 11 is 0. The summed E-state index contributed by atoms with van der Waals surface area (Å²) in [6.07, 6.45) is 2.61. The van der Waals surface area contributed by atoms with Crippen molar-refractivity contribution >= 4 is 11.9 Å². The number of carboxylic acid groups (broad SMARTS) is 1. The molecule has 0 heterocycles. The maximum atomic E-state index is 12.3. The van der Waals surface area contributed by atoms with Crippen molar-refractivity contribution in [3.63, 3.8) is 0 Å². The molecule has 1 saturated carbocycles. The Bertz CT molecular complexity index is 496. The number of rotatable bonds is 7. The molecule has 1 aromatic carbocycles. The average molecular weight is 291 g/mol. The SMILES string of the molecule is COCC1(C(=O)NCC(C(=O)O)c2ccccc2)CCC1. The van der Waals surface area contributed by atoms with Crippen molar-refractivity contribution in [3.05, 3.63) is 35.9 Å². The Kier molecular flexibility index (Phi) is 4.96.